The third-order valence-electron chi connectivity index (χ3n) is 3.50. The molecular formula is C12H16N4O. The fourth-order valence-corrected chi connectivity index (χ4v) is 2.51. The topological polar surface area (TPSA) is 53.7 Å². The Morgan fingerprint density at radius 3 is 3.06 bits per heavy atom. The van der Waals surface area contributed by atoms with Gasteiger partial charge in [-0.3, -0.25) is 4.40 Å². The molecule has 1 unspecified atom stereocenters. The van der Waals surface area contributed by atoms with E-state index >= 15 is 0 Å². The molecule has 5 nitrogen and oxygen atoms in total. The van der Waals surface area contributed by atoms with E-state index in [0.29, 0.717) is 5.92 Å². The normalized spacial score (nSPS) is 21.4. The average Bonchev–Trinajstić information content (AvgIpc) is 2.93. The van der Waals surface area contributed by atoms with Gasteiger partial charge in [-0.25, -0.2) is 0 Å². The summed E-state index contributed by atoms with van der Waals surface area (Å²) >= 11 is 0. The van der Waals surface area contributed by atoms with E-state index in [-0.39, 0.29) is 5.75 Å². The number of hydrogen-bond acceptors (Lipinski definition) is 4. The molecule has 2 aromatic heterocycles. The number of likely N-dealkylation sites (N-methyl/N-ethyl adjacent to an activating group) is 1. The van der Waals surface area contributed by atoms with Crippen LogP contribution in [0, 0.1) is 0 Å². The van der Waals surface area contributed by atoms with Gasteiger partial charge in [0.2, 0.25) is 0 Å². The molecule has 0 aliphatic carbocycles. The zero-order chi connectivity index (χ0) is 11.8. The molecular weight excluding hydrogens is 216 g/mol. The van der Waals surface area contributed by atoms with Crippen molar-refractivity contribution in [2.45, 2.75) is 19.3 Å². The Morgan fingerprint density at radius 1 is 1.41 bits per heavy atom. The second-order valence-corrected chi connectivity index (χ2v) is 4.55. The van der Waals surface area contributed by atoms with Gasteiger partial charge in [-0.1, -0.05) is 6.92 Å². The van der Waals surface area contributed by atoms with Crippen molar-refractivity contribution in [3.05, 3.63) is 24.2 Å². The van der Waals surface area contributed by atoms with E-state index in [9.17, 15) is 5.11 Å². The number of aromatic nitrogens is 3. The Bertz CT molecular complexity index is 536. The van der Waals surface area contributed by atoms with Crippen molar-refractivity contribution >= 4 is 5.65 Å². The molecule has 0 saturated carbocycles. The molecule has 17 heavy (non-hydrogen) atoms. The lowest BCUT2D eigenvalue weighted by Gasteiger charge is -2.11. The van der Waals surface area contributed by atoms with Crippen LogP contribution in [0.4, 0.5) is 0 Å². The first-order chi connectivity index (χ1) is 8.28. The molecule has 3 rings (SSSR count). The van der Waals surface area contributed by atoms with E-state index in [2.05, 4.69) is 22.0 Å². The molecule has 3 heterocycles. The van der Waals surface area contributed by atoms with Crippen LogP contribution in [0.15, 0.2) is 18.3 Å². The van der Waals surface area contributed by atoms with E-state index in [4.69, 9.17) is 0 Å². The van der Waals surface area contributed by atoms with Gasteiger partial charge in [0.25, 0.3) is 0 Å². The summed E-state index contributed by atoms with van der Waals surface area (Å²) in [4.78, 5) is 2.41. The summed E-state index contributed by atoms with van der Waals surface area (Å²) in [7, 11) is 0. The minimum absolute atomic E-state index is 0.254. The molecule has 1 fully saturated rings. The minimum atomic E-state index is 0.254. The molecule has 0 aromatic carbocycles. The van der Waals surface area contributed by atoms with Gasteiger partial charge in [-0.15, -0.1) is 10.2 Å². The van der Waals surface area contributed by atoms with Crippen LogP contribution in [0.25, 0.3) is 5.65 Å². The van der Waals surface area contributed by atoms with Gasteiger partial charge < -0.3 is 10.0 Å². The monoisotopic (exact) mass is 232 g/mol. The number of aromatic hydroxyl groups is 1. The van der Waals surface area contributed by atoms with Gasteiger partial charge in [0.1, 0.15) is 11.6 Å². The first kappa shape index (κ1) is 10.5. The summed E-state index contributed by atoms with van der Waals surface area (Å²) in [6.45, 7) is 5.41. The number of pyridine rings is 1. The molecule has 0 radical (unpaired) electrons. The quantitative estimate of drug-likeness (QED) is 0.846. The predicted octanol–water partition coefficient (Wildman–Crippen LogP) is 1.24. The lowest BCUT2D eigenvalue weighted by atomic mass is 10.1. The van der Waals surface area contributed by atoms with Crippen molar-refractivity contribution in [3.8, 4) is 5.75 Å². The van der Waals surface area contributed by atoms with E-state index in [0.717, 1.165) is 37.5 Å². The van der Waals surface area contributed by atoms with Crippen LogP contribution in [0.2, 0.25) is 0 Å². The molecule has 90 valence electrons. The molecule has 2 aromatic rings. The maximum atomic E-state index is 9.53. The molecule has 1 saturated heterocycles. The number of fused-ring (bicyclic) bond motifs is 1. The van der Waals surface area contributed by atoms with Gasteiger partial charge in [0.15, 0.2) is 5.65 Å². The highest BCUT2D eigenvalue weighted by Gasteiger charge is 2.26. The highest BCUT2D eigenvalue weighted by molar-refractivity contribution is 5.41. The standard InChI is InChI=1S/C12H16N4O/c1-2-15-6-5-9(7-15)12-14-13-11-4-3-10(17)8-16(11)12/h3-4,8-9,17H,2,5-7H2,1H3. The lowest BCUT2D eigenvalue weighted by molar-refractivity contribution is 0.352. The van der Waals surface area contributed by atoms with Crippen molar-refractivity contribution in [2.75, 3.05) is 19.6 Å². The van der Waals surface area contributed by atoms with Crippen molar-refractivity contribution in [2.24, 2.45) is 0 Å². The Kier molecular flexibility index (Phi) is 2.48. The largest absolute Gasteiger partial charge is 0.506 e. The van der Waals surface area contributed by atoms with Crippen LogP contribution in [-0.4, -0.2) is 44.2 Å². The number of nitrogens with zero attached hydrogens (tertiary/aromatic N) is 4. The van der Waals surface area contributed by atoms with Crippen LogP contribution in [0.5, 0.6) is 5.75 Å². The zero-order valence-electron chi connectivity index (χ0n) is 9.87. The minimum Gasteiger partial charge on any atom is -0.506 e. The molecule has 0 spiro atoms. The fourth-order valence-electron chi connectivity index (χ4n) is 2.51. The summed E-state index contributed by atoms with van der Waals surface area (Å²) in [5.74, 6) is 1.64. The summed E-state index contributed by atoms with van der Waals surface area (Å²) in [6.07, 6.45) is 2.81. The van der Waals surface area contributed by atoms with Gasteiger partial charge in [-0.05, 0) is 31.6 Å². The maximum Gasteiger partial charge on any atom is 0.161 e. The molecule has 1 atom stereocenters. The highest BCUT2D eigenvalue weighted by Crippen LogP contribution is 2.26. The van der Waals surface area contributed by atoms with Crippen molar-refractivity contribution in [1.82, 2.24) is 19.5 Å². The first-order valence-electron chi connectivity index (χ1n) is 6.04. The summed E-state index contributed by atoms with van der Waals surface area (Å²) < 4.78 is 1.90. The first-order valence-corrected chi connectivity index (χ1v) is 6.04. The maximum absolute atomic E-state index is 9.53. The Morgan fingerprint density at radius 2 is 2.29 bits per heavy atom. The summed E-state index contributed by atoms with van der Waals surface area (Å²) in [5.41, 5.74) is 0.799. The molecule has 1 aliphatic heterocycles. The molecule has 0 bridgehead atoms. The van der Waals surface area contributed by atoms with Crippen LogP contribution in [0.3, 0.4) is 0 Å². The second-order valence-electron chi connectivity index (χ2n) is 4.55. The second kappa shape index (κ2) is 4.00. The smallest absolute Gasteiger partial charge is 0.161 e. The van der Waals surface area contributed by atoms with Crippen LogP contribution >= 0.6 is 0 Å². The van der Waals surface area contributed by atoms with Crippen LogP contribution in [-0.2, 0) is 0 Å². The lowest BCUT2D eigenvalue weighted by Crippen LogP contribution is -2.19. The number of likely N-dealkylation sites (tertiary alicyclic amines) is 1. The van der Waals surface area contributed by atoms with E-state index < -0.39 is 0 Å². The Labute approximate surface area is 99.7 Å². The summed E-state index contributed by atoms with van der Waals surface area (Å²) in [6, 6.07) is 3.43. The number of hydrogen-bond donors (Lipinski definition) is 1. The van der Waals surface area contributed by atoms with Crippen molar-refractivity contribution < 1.29 is 5.11 Å². The van der Waals surface area contributed by atoms with Crippen LogP contribution < -0.4 is 0 Å². The number of rotatable bonds is 2. The van der Waals surface area contributed by atoms with Gasteiger partial charge in [-0.2, -0.15) is 0 Å². The third kappa shape index (κ3) is 1.76. The van der Waals surface area contributed by atoms with Crippen LogP contribution in [0.1, 0.15) is 25.1 Å². The average molecular weight is 232 g/mol. The van der Waals surface area contributed by atoms with Crippen molar-refractivity contribution in [1.29, 1.82) is 0 Å². The SMILES string of the molecule is CCN1CCC(c2nnc3ccc(O)cn23)C1. The van der Waals surface area contributed by atoms with E-state index in [1.54, 1.807) is 18.3 Å². The van der Waals surface area contributed by atoms with Crippen molar-refractivity contribution in [3.63, 3.8) is 0 Å². The summed E-state index contributed by atoms with van der Waals surface area (Å²) in [5, 5.41) is 17.9. The zero-order valence-corrected chi connectivity index (χ0v) is 9.87. The Balaban J connectivity index is 1.98. The fraction of sp³-hybridized carbons (Fsp3) is 0.500. The van der Waals surface area contributed by atoms with Gasteiger partial charge in [0, 0.05) is 12.5 Å². The molecule has 0 amide bonds. The van der Waals surface area contributed by atoms with E-state index in [1.165, 1.54) is 0 Å². The highest BCUT2D eigenvalue weighted by atomic mass is 16.3. The third-order valence-corrected chi connectivity index (χ3v) is 3.50. The van der Waals surface area contributed by atoms with Gasteiger partial charge in [0.05, 0.1) is 6.20 Å². The molecule has 1 aliphatic rings. The van der Waals surface area contributed by atoms with E-state index in [1.807, 2.05) is 4.40 Å². The van der Waals surface area contributed by atoms with Gasteiger partial charge >= 0.3 is 0 Å². The molecule has 5 heteroatoms. The molecule has 1 N–H and O–H groups in total. The Hall–Kier alpha value is -1.62. The predicted molar refractivity (Wildman–Crippen MR) is 64.1 cm³/mol.